The van der Waals surface area contributed by atoms with E-state index in [1.54, 1.807) is 0 Å². The van der Waals surface area contributed by atoms with Crippen molar-refractivity contribution in [2.75, 3.05) is 0 Å². The topological polar surface area (TPSA) is 131 Å². The van der Waals surface area contributed by atoms with E-state index in [0.717, 1.165) is 18.2 Å². The van der Waals surface area contributed by atoms with E-state index < -0.39 is 39.6 Å². The second-order valence-corrected chi connectivity index (χ2v) is 5.12. The Kier molecular flexibility index (Phi) is 3.23. The van der Waals surface area contributed by atoms with Crippen LogP contribution in [0.5, 0.6) is 28.7 Å². The van der Waals surface area contributed by atoms with Crippen molar-refractivity contribution in [1.82, 2.24) is 0 Å². The molecule has 5 N–H and O–H groups in total. The highest BCUT2D eigenvalue weighted by atomic mass is 35.5. The first-order valence-corrected chi connectivity index (χ1v) is 6.61. The standard InChI is InChI=1S/C15H9ClO7/c16-11-9(20)4-8(19)10-12(21)13(22)14(23-15(10)11)5-1-2-6(17)7(18)3-5/h1-4,17-20,22H. The molecule has 0 saturated heterocycles. The van der Waals surface area contributed by atoms with E-state index in [1.165, 1.54) is 6.07 Å². The summed E-state index contributed by atoms with van der Waals surface area (Å²) in [6.07, 6.45) is 0. The largest absolute Gasteiger partial charge is 0.507 e. The molecule has 0 radical (unpaired) electrons. The molecule has 23 heavy (non-hydrogen) atoms. The molecular weight excluding hydrogens is 328 g/mol. The lowest BCUT2D eigenvalue weighted by atomic mass is 10.1. The lowest BCUT2D eigenvalue weighted by Gasteiger charge is -2.09. The van der Waals surface area contributed by atoms with Crippen LogP contribution in [0.2, 0.25) is 5.02 Å². The maximum Gasteiger partial charge on any atom is 0.238 e. The minimum Gasteiger partial charge on any atom is -0.507 e. The monoisotopic (exact) mass is 336 g/mol. The molecule has 0 aliphatic heterocycles. The van der Waals surface area contributed by atoms with Crippen LogP contribution in [0.25, 0.3) is 22.3 Å². The second kappa shape index (κ2) is 4.99. The molecule has 118 valence electrons. The van der Waals surface area contributed by atoms with E-state index in [1.807, 2.05) is 0 Å². The fourth-order valence-electron chi connectivity index (χ4n) is 2.15. The summed E-state index contributed by atoms with van der Waals surface area (Å²) in [5, 5.41) is 47.5. The number of halogens is 1. The van der Waals surface area contributed by atoms with Gasteiger partial charge >= 0.3 is 0 Å². The SMILES string of the molecule is O=c1c(O)c(-c2ccc(O)c(O)c2)oc2c(Cl)c(O)cc(O)c12. The third-order valence-corrected chi connectivity index (χ3v) is 3.65. The first-order chi connectivity index (χ1) is 10.8. The summed E-state index contributed by atoms with van der Waals surface area (Å²) in [4.78, 5) is 12.2. The van der Waals surface area contributed by atoms with Gasteiger partial charge in [-0.15, -0.1) is 0 Å². The molecule has 1 heterocycles. The van der Waals surface area contributed by atoms with Gasteiger partial charge in [0.05, 0.1) is 0 Å². The quantitative estimate of drug-likeness (QED) is 0.431. The average molecular weight is 337 g/mol. The molecule has 8 heteroatoms. The Morgan fingerprint density at radius 2 is 1.57 bits per heavy atom. The van der Waals surface area contributed by atoms with Crippen molar-refractivity contribution in [2.24, 2.45) is 0 Å². The van der Waals surface area contributed by atoms with E-state index in [9.17, 15) is 30.3 Å². The van der Waals surface area contributed by atoms with Crippen LogP contribution >= 0.6 is 11.6 Å². The molecule has 7 nitrogen and oxygen atoms in total. The van der Waals surface area contributed by atoms with Gasteiger partial charge in [0.1, 0.15) is 21.9 Å². The number of fused-ring (bicyclic) bond motifs is 1. The van der Waals surface area contributed by atoms with Gasteiger partial charge in [-0.1, -0.05) is 11.6 Å². The zero-order valence-corrected chi connectivity index (χ0v) is 12.0. The van der Waals surface area contributed by atoms with Crippen molar-refractivity contribution < 1.29 is 29.9 Å². The molecule has 0 fully saturated rings. The van der Waals surface area contributed by atoms with Gasteiger partial charge in [-0.25, -0.2) is 0 Å². The maximum absolute atomic E-state index is 12.2. The highest BCUT2D eigenvalue weighted by molar-refractivity contribution is 6.36. The van der Waals surface area contributed by atoms with Crippen molar-refractivity contribution in [2.45, 2.75) is 0 Å². The fraction of sp³-hybridized carbons (Fsp3) is 0. The van der Waals surface area contributed by atoms with Crippen LogP contribution in [-0.4, -0.2) is 25.5 Å². The smallest absolute Gasteiger partial charge is 0.238 e. The summed E-state index contributed by atoms with van der Waals surface area (Å²) in [6, 6.07) is 4.34. The number of phenolic OH excluding ortho intramolecular Hbond substituents is 4. The summed E-state index contributed by atoms with van der Waals surface area (Å²) in [5.41, 5.74) is -1.21. The van der Waals surface area contributed by atoms with Gasteiger partial charge in [0.2, 0.25) is 11.2 Å². The number of rotatable bonds is 1. The molecule has 1 aromatic heterocycles. The number of hydrogen-bond donors (Lipinski definition) is 5. The van der Waals surface area contributed by atoms with Crippen LogP contribution in [-0.2, 0) is 0 Å². The van der Waals surface area contributed by atoms with Crippen LogP contribution in [0.15, 0.2) is 33.5 Å². The molecule has 2 aromatic carbocycles. The van der Waals surface area contributed by atoms with Gasteiger partial charge in [0.15, 0.2) is 22.8 Å². The third kappa shape index (κ3) is 2.18. The molecule has 0 saturated carbocycles. The number of hydrogen-bond acceptors (Lipinski definition) is 7. The normalized spacial score (nSPS) is 11.0. The van der Waals surface area contributed by atoms with Crippen LogP contribution in [0.3, 0.4) is 0 Å². The van der Waals surface area contributed by atoms with Crippen molar-refractivity contribution >= 4 is 22.6 Å². The van der Waals surface area contributed by atoms with Crippen LogP contribution < -0.4 is 5.43 Å². The summed E-state index contributed by atoms with van der Waals surface area (Å²) >= 11 is 5.87. The van der Waals surface area contributed by atoms with Gasteiger partial charge in [0, 0.05) is 11.6 Å². The van der Waals surface area contributed by atoms with E-state index in [0.29, 0.717) is 0 Å². The number of benzene rings is 2. The van der Waals surface area contributed by atoms with Crippen LogP contribution in [0.1, 0.15) is 0 Å². The van der Waals surface area contributed by atoms with Gasteiger partial charge in [0.25, 0.3) is 0 Å². The van der Waals surface area contributed by atoms with Gasteiger partial charge < -0.3 is 29.9 Å². The van der Waals surface area contributed by atoms with Gasteiger partial charge in [-0.3, -0.25) is 4.79 Å². The molecule has 0 amide bonds. The lowest BCUT2D eigenvalue weighted by molar-refractivity contribution is 0.403. The van der Waals surface area contributed by atoms with E-state index in [-0.39, 0.29) is 21.9 Å². The zero-order chi connectivity index (χ0) is 16.9. The molecule has 0 bridgehead atoms. The summed E-state index contributed by atoms with van der Waals surface area (Å²) < 4.78 is 5.35. The molecule has 0 atom stereocenters. The minimum atomic E-state index is -0.965. The Morgan fingerprint density at radius 1 is 0.870 bits per heavy atom. The fourth-order valence-corrected chi connectivity index (χ4v) is 2.34. The summed E-state index contributed by atoms with van der Waals surface area (Å²) in [5.74, 6) is -3.17. The lowest BCUT2D eigenvalue weighted by Crippen LogP contribution is -2.03. The van der Waals surface area contributed by atoms with E-state index in [2.05, 4.69) is 0 Å². The van der Waals surface area contributed by atoms with E-state index in [4.69, 9.17) is 16.0 Å². The number of aromatic hydroxyl groups is 5. The van der Waals surface area contributed by atoms with Gasteiger partial charge in [-0.05, 0) is 18.2 Å². The molecule has 3 rings (SSSR count). The molecule has 0 aliphatic carbocycles. The average Bonchev–Trinajstić information content (AvgIpc) is 2.50. The number of phenols is 4. The van der Waals surface area contributed by atoms with Gasteiger partial charge in [-0.2, -0.15) is 0 Å². The first kappa shape index (κ1) is 14.9. The third-order valence-electron chi connectivity index (χ3n) is 3.28. The minimum absolute atomic E-state index is 0.0794. The Bertz CT molecular complexity index is 1010. The Hall–Kier alpha value is -3.06. The first-order valence-electron chi connectivity index (χ1n) is 6.23. The molecule has 0 unspecified atom stereocenters. The predicted octanol–water partition coefficient (Wildman–Crippen LogP) is 2.64. The maximum atomic E-state index is 12.2. The zero-order valence-electron chi connectivity index (χ0n) is 11.2. The molecule has 0 spiro atoms. The Morgan fingerprint density at radius 3 is 2.22 bits per heavy atom. The Balaban J connectivity index is 2.43. The van der Waals surface area contributed by atoms with Crippen molar-refractivity contribution in [1.29, 1.82) is 0 Å². The summed E-state index contributed by atoms with van der Waals surface area (Å²) in [6.45, 7) is 0. The summed E-state index contributed by atoms with van der Waals surface area (Å²) in [7, 11) is 0. The van der Waals surface area contributed by atoms with Crippen LogP contribution in [0.4, 0.5) is 0 Å². The highest BCUT2D eigenvalue weighted by Gasteiger charge is 2.22. The molecular formula is C15H9ClO7. The van der Waals surface area contributed by atoms with Crippen molar-refractivity contribution in [3.05, 3.63) is 39.5 Å². The highest BCUT2D eigenvalue weighted by Crippen LogP contribution is 2.41. The predicted molar refractivity (Wildman–Crippen MR) is 81.3 cm³/mol. The van der Waals surface area contributed by atoms with E-state index >= 15 is 0 Å². The molecule has 0 aliphatic rings. The molecule has 3 aromatic rings. The van der Waals surface area contributed by atoms with Crippen molar-refractivity contribution in [3.63, 3.8) is 0 Å². The van der Waals surface area contributed by atoms with Crippen LogP contribution in [0, 0.1) is 0 Å². The van der Waals surface area contributed by atoms with Crippen molar-refractivity contribution in [3.8, 4) is 40.1 Å². The second-order valence-electron chi connectivity index (χ2n) is 4.75. The Labute approximate surface area is 132 Å².